The van der Waals surface area contributed by atoms with Gasteiger partial charge in [0, 0.05) is 49.2 Å². The Balaban J connectivity index is 1.68. The Morgan fingerprint density at radius 3 is 2.53 bits per heavy atom. The van der Waals surface area contributed by atoms with Gasteiger partial charge < -0.3 is 19.9 Å². The van der Waals surface area contributed by atoms with Crippen molar-refractivity contribution in [3.8, 4) is 16.9 Å². The van der Waals surface area contributed by atoms with Crippen LogP contribution < -0.4 is 15.4 Å². The van der Waals surface area contributed by atoms with Gasteiger partial charge in [-0.3, -0.25) is 10.1 Å². The molecule has 8 nitrogen and oxygen atoms in total. The number of pyridine rings is 1. The van der Waals surface area contributed by atoms with E-state index >= 15 is 0 Å². The highest BCUT2D eigenvalue weighted by molar-refractivity contribution is 6.01. The molecule has 2 N–H and O–H groups in total. The number of amides is 3. The molecule has 9 heteroatoms. The molecule has 3 aromatic rings. The summed E-state index contributed by atoms with van der Waals surface area (Å²) < 4.78 is 18.8. The van der Waals surface area contributed by atoms with E-state index in [4.69, 9.17) is 4.74 Å². The average Bonchev–Trinajstić information content (AvgIpc) is 2.82. The van der Waals surface area contributed by atoms with Gasteiger partial charge in [-0.1, -0.05) is 6.07 Å². The van der Waals surface area contributed by atoms with Crippen molar-refractivity contribution in [3.63, 3.8) is 0 Å². The summed E-state index contributed by atoms with van der Waals surface area (Å²) >= 11 is 0. The van der Waals surface area contributed by atoms with E-state index in [2.05, 4.69) is 15.6 Å². The highest BCUT2D eigenvalue weighted by Crippen LogP contribution is 2.31. The molecule has 0 aliphatic carbocycles. The van der Waals surface area contributed by atoms with Crippen molar-refractivity contribution in [1.82, 2.24) is 14.8 Å². The minimum Gasteiger partial charge on any atom is -0.496 e. The van der Waals surface area contributed by atoms with Crippen molar-refractivity contribution in [2.24, 2.45) is 0 Å². The van der Waals surface area contributed by atoms with Crippen molar-refractivity contribution >= 4 is 23.4 Å². The number of halogens is 1. The third-order valence-electron chi connectivity index (χ3n) is 5.07. The fourth-order valence-corrected chi connectivity index (χ4v) is 3.25. The fourth-order valence-electron chi connectivity index (χ4n) is 3.25. The molecule has 0 aliphatic heterocycles. The first-order valence-corrected chi connectivity index (χ1v) is 10.6. The number of aromatic nitrogens is 1. The molecule has 178 valence electrons. The Hall–Kier alpha value is -3.98. The summed E-state index contributed by atoms with van der Waals surface area (Å²) in [7, 11) is 7.10. The standard InChI is InChI=1S/C25H28FN5O3/c1-30(2)12-13-31(3)24(32)18-6-5-7-20(14-18)28-25(33)29-23-15-17(10-11-27-23)21-9-8-19(26)16-22(21)34-4/h5-11,14-16H,12-13H2,1-4H3,(H2,27,28,29,33). The minimum atomic E-state index is -0.513. The molecular formula is C25H28FN5O3. The molecule has 0 bridgehead atoms. The van der Waals surface area contributed by atoms with E-state index in [9.17, 15) is 14.0 Å². The molecule has 3 rings (SSSR count). The second-order valence-electron chi connectivity index (χ2n) is 7.96. The zero-order valence-corrected chi connectivity index (χ0v) is 19.6. The number of nitrogens with zero attached hydrogens (tertiary/aromatic N) is 3. The van der Waals surface area contributed by atoms with Crippen LogP contribution in [0.4, 0.5) is 20.7 Å². The van der Waals surface area contributed by atoms with Gasteiger partial charge in [-0.15, -0.1) is 0 Å². The number of methoxy groups -OCH3 is 1. The number of benzene rings is 2. The van der Waals surface area contributed by atoms with Crippen molar-refractivity contribution in [1.29, 1.82) is 0 Å². The van der Waals surface area contributed by atoms with Crippen molar-refractivity contribution in [2.45, 2.75) is 0 Å². The number of anilines is 2. The Kier molecular flexibility index (Phi) is 8.15. The Morgan fingerprint density at radius 2 is 1.79 bits per heavy atom. The summed E-state index contributed by atoms with van der Waals surface area (Å²) in [6.07, 6.45) is 1.54. The maximum absolute atomic E-state index is 13.5. The summed E-state index contributed by atoms with van der Waals surface area (Å²) in [6, 6.07) is 13.9. The van der Waals surface area contributed by atoms with Crippen LogP contribution in [-0.2, 0) is 0 Å². The van der Waals surface area contributed by atoms with Gasteiger partial charge in [0.1, 0.15) is 17.4 Å². The van der Waals surface area contributed by atoms with E-state index in [0.717, 1.165) is 6.54 Å². The lowest BCUT2D eigenvalue weighted by molar-refractivity contribution is 0.0786. The summed E-state index contributed by atoms with van der Waals surface area (Å²) in [4.78, 5) is 33.0. The highest BCUT2D eigenvalue weighted by Gasteiger charge is 2.14. The van der Waals surface area contributed by atoms with E-state index in [0.29, 0.717) is 40.5 Å². The lowest BCUT2D eigenvalue weighted by Crippen LogP contribution is -2.33. The van der Waals surface area contributed by atoms with Gasteiger partial charge >= 0.3 is 6.03 Å². The summed E-state index contributed by atoms with van der Waals surface area (Å²) in [5.41, 5.74) is 2.32. The molecule has 1 aromatic heterocycles. The smallest absolute Gasteiger partial charge is 0.324 e. The number of nitrogens with one attached hydrogen (secondary N) is 2. The molecule has 0 unspecified atom stereocenters. The maximum atomic E-state index is 13.5. The van der Waals surface area contributed by atoms with Crippen LogP contribution in [0, 0.1) is 5.82 Å². The minimum absolute atomic E-state index is 0.131. The van der Waals surface area contributed by atoms with Gasteiger partial charge in [0.15, 0.2) is 0 Å². The topological polar surface area (TPSA) is 86.8 Å². The van der Waals surface area contributed by atoms with Crippen molar-refractivity contribution in [3.05, 3.63) is 72.2 Å². The first kappa shape index (κ1) is 24.7. The van der Waals surface area contributed by atoms with Crippen LogP contribution in [0.1, 0.15) is 10.4 Å². The number of carbonyl (C=O) groups excluding carboxylic acids is 2. The van der Waals surface area contributed by atoms with E-state index in [1.807, 2.05) is 19.0 Å². The Morgan fingerprint density at radius 1 is 1.00 bits per heavy atom. The Bertz CT molecular complexity index is 1170. The van der Waals surface area contributed by atoms with E-state index in [1.165, 1.54) is 25.4 Å². The molecule has 0 fully saturated rings. The largest absolute Gasteiger partial charge is 0.496 e. The molecule has 0 saturated heterocycles. The molecule has 0 spiro atoms. The second-order valence-corrected chi connectivity index (χ2v) is 7.96. The van der Waals surface area contributed by atoms with Crippen molar-refractivity contribution in [2.75, 3.05) is 52.0 Å². The molecule has 0 saturated carbocycles. The number of hydrogen-bond donors (Lipinski definition) is 2. The van der Waals surface area contributed by atoms with E-state index < -0.39 is 11.8 Å². The van der Waals surface area contributed by atoms with Crippen LogP contribution in [0.25, 0.3) is 11.1 Å². The molecule has 0 atom stereocenters. The third-order valence-corrected chi connectivity index (χ3v) is 5.07. The van der Waals surface area contributed by atoms with Gasteiger partial charge in [0.05, 0.1) is 7.11 Å². The van der Waals surface area contributed by atoms with Crippen molar-refractivity contribution < 1.29 is 18.7 Å². The van der Waals surface area contributed by atoms with Crippen LogP contribution in [0.3, 0.4) is 0 Å². The zero-order valence-electron chi connectivity index (χ0n) is 19.6. The summed E-state index contributed by atoms with van der Waals surface area (Å²) in [6.45, 7) is 1.34. The number of likely N-dealkylation sites (N-methyl/N-ethyl adjacent to an activating group) is 2. The SMILES string of the molecule is COc1cc(F)ccc1-c1ccnc(NC(=O)Nc2cccc(C(=O)N(C)CCN(C)C)c2)c1. The van der Waals surface area contributed by atoms with Gasteiger partial charge in [-0.25, -0.2) is 14.2 Å². The summed E-state index contributed by atoms with van der Waals surface area (Å²) in [5, 5.41) is 5.40. The van der Waals surface area contributed by atoms with Crippen LogP contribution in [-0.4, -0.2) is 68.1 Å². The lowest BCUT2D eigenvalue weighted by atomic mass is 10.1. The van der Waals surface area contributed by atoms with Gasteiger partial charge in [-0.05, 0) is 62.1 Å². The predicted octanol–water partition coefficient (Wildman–Crippen LogP) is 4.17. The number of urea groups is 1. The van der Waals surface area contributed by atoms with Gasteiger partial charge in [-0.2, -0.15) is 0 Å². The van der Waals surface area contributed by atoms with Crippen LogP contribution in [0.2, 0.25) is 0 Å². The molecular weight excluding hydrogens is 437 g/mol. The molecule has 34 heavy (non-hydrogen) atoms. The maximum Gasteiger partial charge on any atom is 0.324 e. The second kappa shape index (κ2) is 11.2. The fraction of sp³-hybridized carbons (Fsp3) is 0.240. The van der Waals surface area contributed by atoms with Gasteiger partial charge in [0.25, 0.3) is 5.91 Å². The van der Waals surface area contributed by atoms with Gasteiger partial charge in [0.2, 0.25) is 0 Å². The van der Waals surface area contributed by atoms with E-state index in [1.54, 1.807) is 54.4 Å². The molecule has 3 amide bonds. The predicted molar refractivity (Wildman–Crippen MR) is 131 cm³/mol. The first-order chi connectivity index (χ1) is 16.3. The number of rotatable bonds is 8. The highest BCUT2D eigenvalue weighted by atomic mass is 19.1. The quantitative estimate of drug-likeness (QED) is 0.521. The normalized spacial score (nSPS) is 10.6. The van der Waals surface area contributed by atoms with E-state index in [-0.39, 0.29) is 5.91 Å². The lowest BCUT2D eigenvalue weighted by Gasteiger charge is -2.20. The molecule has 0 aliphatic rings. The summed E-state index contributed by atoms with van der Waals surface area (Å²) in [5.74, 6) is 0.140. The number of carbonyl (C=O) groups is 2. The first-order valence-electron chi connectivity index (χ1n) is 10.6. The van der Waals surface area contributed by atoms with Crippen LogP contribution in [0.5, 0.6) is 5.75 Å². The molecule has 0 radical (unpaired) electrons. The monoisotopic (exact) mass is 465 g/mol. The molecule has 2 aromatic carbocycles. The Labute approximate surface area is 198 Å². The van der Waals surface area contributed by atoms with Crippen LogP contribution in [0.15, 0.2) is 60.8 Å². The molecule has 1 heterocycles. The number of hydrogen-bond acceptors (Lipinski definition) is 5. The third kappa shape index (κ3) is 6.52. The zero-order chi connectivity index (χ0) is 24.7. The average molecular weight is 466 g/mol. The number of ether oxygens (including phenoxy) is 1. The van der Waals surface area contributed by atoms with Crippen LogP contribution >= 0.6 is 0 Å².